The zero-order valence-electron chi connectivity index (χ0n) is 17.1. The first-order valence-corrected chi connectivity index (χ1v) is 11.3. The highest BCUT2D eigenvalue weighted by atomic mass is 35.5. The van der Waals surface area contributed by atoms with Crippen LogP contribution in [0.4, 0.5) is 0 Å². The molecule has 2 aromatic carbocycles. The fraction of sp³-hybridized carbons (Fsp3) is 0.462. The van der Waals surface area contributed by atoms with E-state index in [9.17, 15) is 0 Å². The molecule has 0 bridgehead atoms. The Morgan fingerprint density at radius 2 is 1.45 bits per heavy atom. The van der Waals surface area contributed by atoms with Crippen molar-refractivity contribution in [3.05, 3.63) is 71.8 Å². The highest BCUT2D eigenvalue weighted by molar-refractivity contribution is 6.30. The molecule has 29 heavy (non-hydrogen) atoms. The van der Waals surface area contributed by atoms with Crippen molar-refractivity contribution in [3.8, 4) is 11.1 Å². The largest absolute Gasteiger partial charge is 0.352 e. The molecule has 154 valence electrons. The van der Waals surface area contributed by atoms with Crippen LogP contribution in [0, 0.1) is 11.8 Å². The van der Waals surface area contributed by atoms with Crippen molar-refractivity contribution >= 4 is 11.6 Å². The first kappa shape index (κ1) is 20.7. The minimum absolute atomic E-state index is 0.00297. The molecule has 1 aliphatic carbocycles. The van der Waals surface area contributed by atoms with E-state index in [2.05, 4.69) is 43.0 Å². The van der Waals surface area contributed by atoms with Gasteiger partial charge in [0.15, 0.2) is 6.29 Å². The second kappa shape index (κ2) is 9.93. The number of rotatable bonds is 6. The van der Waals surface area contributed by atoms with Gasteiger partial charge in [-0.2, -0.15) is 0 Å². The van der Waals surface area contributed by atoms with Gasteiger partial charge >= 0.3 is 0 Å². The van der Waals surface area contributed by atoms with Gasteiger partial charge in [0.1, 0.15) is 0 Å². The molecule has 1 saturated carbocycles. The lowest BCUT2D eigenvalue weighted by Crippen LogP contribution is -2.38. The van der Waals surface area contributed by atoms with Gasteiger partial charge in [-0.05, 0) is 73.3 Å². The van der Waals surface area contributed by atoms with Crippen LogP contribution in [-0.4, -0.2) is 19.5 Å². The van der Waals surface area contributed by atoms with E-state index in [0.29, 0.717) is 17.8 Å². The number of hydrogen-bond acceptors (Lipinski definition) is 2. The van der Waals surface area contributed by atoms with Gasteiger partial charge in [-0.25, -0.2) is 0 Å². The van der Waals surface area contributed by atoms with Crippen molar-refractivity contribution in [2.45, 2.75) is 50.7 Å². The molecule has 1 saturated heterocycles. The standard InChI is InChI=1S/C26H31ClO2/c1-2-3-4-19-17-28-26(29-18-19)24-11-9-22(10-12-24)20-5-7-21(8-6-20)23-13-15-25(27)16-14-23/h2,5-8,13-16,19,22,24,26H,1,3-4,9-12,17-18H2. The predicted octanol–water partition coefficient (Wildman–Crippen LogP) is 7.24. The quantitative estimate of drug-likeness (QED) is 0.467. The summed E-state index contributed by atoms with van der Waals surface area (Å²) in [6.45, 7) is 5.48. The fourth-order valence-electron chi connectivity index (χ4n) is 4.67. The molecule has 0 amide bonds. The van der Waals surface area contributed by atoms with Crippen molar-refractivity contribution in [1.29, 1.82) is 0 Å². The van der Waals surface area contributed by atoms with Crippen LogP contribution in [0.3, 0.4) is 0 Å². The lowest BCUT2D eigenvalue weighted by molar-refractivity contribution is -0.229. The minimum Gasteiger partial charge on any atom is -0.352 e. The average molecular weight is 411 g/mol. The molecule has 2 fully saturated rings. The lowest BCUT2D eigenvalue weighted by atomic mass is 9.78. The maximum absolute atomic E-state index is 6.08. The molecule has 0 atom stereocenters. The van der Waals surface area contributed by atoms with Gasteiger partial charge in [-0.15, -0.1) is 6.58 Å². The van der Waals surface area contributed by atoms with E-state index in [1.807, 2.05) is 18.2 Å². The summed E-state index contributed by atoms with van der Waals surface area (Å²) < 4.78 is 12.2. The number of allylic oxidation sites excluding steroid dienone is 1. The van der Waals surface area contributed by atoms with Crippen molar-refractivity contribution < 1.29 is 9.47 Å². The van der Waals surface area contributed by atoms with Crippen molar-refractivity contribution in [1.82, 2.24) is 0 Å². The van der Waals surface area contributed by atoms with E-state index in [4.69, 9.17) is 21.1 Å². The number of hydrogen-bond donors (Lipinski definition) is 0. The maximum atomic E-state index is 6.08. The average Bonchev–Trinajstić information content (AvgIpc) is 2.79. The summed E-state index contributed by atoms with van der Waals surface area (Å²) in [6, 6.07) is 17.1. The number of halogens is 1. The monoisotopic (exact) mass is 410 g/mol. The molecule has 0 N–H and O–H groups in total. The Balaban J connectivity index is 1.27. The summed E-state index contributed by atoms with van der Waals surface area (Å²) in [5.74, 6) is 1.72. The molecule has 4 rings (SSSR count). The molecule has 3 heteroatoms. The molecule has 1 heterocycles. The first-order valence-electron chi connectivity index (χ1n) is 10.9. The van der Waals surface area contributed by atoms with Crippen LogP contribution in [0.5, 0.6) is 0 Å². The van der Waals surface area contributed by atoms with Crippen LogP contribution in [0.2, 0.25) is 5.02 Å². The minimum atomic E-state index is 0.00297. The van der Waals surface area contributed by atoms with Crippen LogP contribution in [0.15, 0.2) is 61.2 Å². The number of benzene rings is 2. The molecule has 0 unspecified atom stereocenters. The normalized spacial score (nSPS) is 27.5. The number of ether oxygens (including phenoxy) is 2. The molecule has 0 spiro atoms. The maximum Gasteiger partial charge on any atom is 0.160 e. The van der Waals surface area contributed by atoms with E-state index in [1.54, 1.807) is 0 Å². The van der Waals surface area contributed by atoms with Crippen LogP contribution in [-0.2, 0) is 9.47 Å². The highest BCUT2D eigenvalue weighted by Gasteiger charge is 2.32. The van der Waals surface area contributed by atoms with Gasteiger partial charge in [0, 0.05) is 16.9 Å². The van der Waals surface area contributed by atoms with Crippen LogP contribution >= 0.6 is 11.6 Å². The third-order valence-electron chi connectivity index (χ3n) is 6.49. The van der Waals surface area contributed by atoms with E-state index < -0.39 is 0 Å². The SMILES string of the molecule is C=CCCC1COC(C2CCC(c3ccc(-c4ccc(Cl)cc4)cc3)CC2)OC1. The smallest absolute Gasteiger partial charge is 0.160 e. The van der Waals surface area contributed by atoms with Gasteiger partial charge in [0.05, 0.1) is 13.2 Å². The summed E-state index contributed by atoms with van der Waals surface area (Å²) in [4.78, 5) is 0. The van der Waals surface area contributed by atoms with Crippen LogP contribution < -0.4 is 0 Å². The Kier molecular flexibility index (Phi) is 7.07. The third-order valence-corrected chi connectivity index (χ3v) is 6.74. The van der Waals surface area contributed by atoms with Crippen molar-refractivity contribution in [3.63, 3.8) is 0 Å². The molecule has 0 radical (unpaired) electrons. The Labute approximate surface area is 179 Å². The van der Waals surface area contributed by atoms with Gasteiger partial charge in [0.25, 0.3) is 0 Å². The summed E-state index contributed by atoms with van der Waals surface area (Å²) in [6.07, 6.45) is 8.95. The predicted molar refractivity (Wildman–Crippen MR) is 120 cm³/mol. The zero-order chi connectivity index (χ0) is 20.1. The van der Waals surface area contributed by atoms with Gasteiger partial charge in [-0.3, -0.25) is 0 Å². The summed E-state index contributed by atoms with van der Waals surface area (Å²) in [5, 5.41) is 0.778. The molecular formula is C26H31ClO2. The molecule has 1 aliphatic heterocycles. The zero-order valence-corrected chi connectivity index (χ0v) is 17.8. The topological polar surface area (TPSA) is 18.5 Å². The Hall–Kier alpha value is -1.61. The first-order chi connectivity index (χ1) is 14.2. The van der Waals surface area contributed by atoms with Crippen molar-refractivity contribution in [2.24, 2.45) is 11.8 Å². The van der Waals surface area contributed by atoms with E-state index in [0.717, 1.165) is 31.1 Å². The van der Waals surface area contributed by atoms with Crippen LogP contribution in [0.25, 0.3) is 11.1 Å². The Morgan fingerprint density at radius 3 is 2.03 bits per heavy atom. The lowest BCUT2D eigenvalue weighted by Gasteiger charge is -2.37. The van der Waals surface area contributed by atoms with E-state index in [-0.39, 0.29) is 6.29 Å². The van der Waals surface area contributed by atoms with Crippen molar-refractivity contribution in [2.75, 3.05) is 13.2 Å². The second-order valence-corrected chi connectivity index (χ2v) is 8.94. The Bertz CT molecular complexity index is 767. The molecule has 2 aromatic rings. The Morgan fingerprint density at radius 1 is 0.862 bits per heavy atom. The molecule has 2 nitrogen and oxygen atoms in total. The molecule has 0 aromatic heterocycles. The third kappa shape index (κ3) is 5.31. The van der Waals surface area contributed by atoms with Gasteiger partial charge < -0.3 is 9.47 Å². The van der Waals surface area contributed by atoms with Gasteiger partial charge in [-0.1, -0.05) is 54.1 Å². The van der Waals surface area contributed by atoms with Crippen LogP contribution in [0.1, 0.15) is 50.0 Å². The molecule has 2 aliphatic rings. The van der Waals surface area contributed by atoms with E-state index in [1.165, 1.54) is 42.4 Å². The van der Waals surface area contributed by atoms with Gasteiger partial charge in [0.2, 0.25) is 0 Å². The summed E-state index contributed by atoms with van der Waals surface area (Å²) in [5.41, 5.74) is 3.91. The summed E-state index contributed by atoms with van der Waals surface area (Å²) in [7, 11) is 0. The van der Waals surface area contributed by atoms with E-state index >= 15 is 0 Å². The summed E-state index contributed by atoms with van der Waals surface area (Å²) >= 11 is 6.00. The second-order valence-electron chi connectivity index (χ2n) is 8.51. The molecular weight excluding hydrogens is 380 g/mol. The highest BCUT2D eigenvalue weighted by Crippen LogP contribution is 2.39. The fourth-order valence-corrected chi connectivity index (χ4v) is 4.79.